The first-order chi connectivity index (χ1) is 13.8. The van der Waals surface area contributed by atoms with Gasteiger partial charge in [-0.1, -0.05) is 17.7 Å². The van der Waals surface area contributed by atoms with E-state index in [1.54, 1.807) is 12.1 Å². The fourth-order valence-corrected chi connectivity index (χ4v) is 4.24. The number of aliphatic hydroxyl groups is 2. The number of aryl methyl sites for hydroxylation is 1. The summed E-state index contributed by atoms with van der Waals surface area (Å²) in [6, 6.07) is 6.08. The third-order valence-corrected chi connectivity index (χ3v) is 6.03. The molecule has 1 aliphatic rings. The quantitative estimate of drug-likeness (QED) is 0.468. The Bertz CT molecular complexity index is 1130. The Morgan fingerprint density at radius 1 is 1.24 bits per heavy atom. The Hall–Kier alpha value is -2.64. The van der Waals surface area contributed by atoms with E-state index in [-0.39, 0.29) is 21.9 Å². The van der Waals surface area contributed by atoms with E-state index in [0.29, 0.717) is 0 Å². The van der Waals surface area contributed by atoms with Crippen molar-refractivity contribution in [2.24, 2.45) is 0 Å². The molecular weight excluding hydrogens is 402 g/mol. The van der Waals surface area contributed by atoms with E-state index in [4.69, 9.17) is 14.7 Å². The number of aliphatic hydroxyl groups excluding tert-OH is 2. The molecule has 29 heavy (non-hydrogen) atoms. The van der Waals surface area contributed by atoms with E-state index in [1.165, 1.54) is 29.4 Å². The fourth-order valence-electron chi connectivity index (χ4n) is 3.16. The van der Waals surface area contributed by atoms with Crippen LogP contribution in [0.15, 0.2) is 41.8 Å². The average Bonchev–Trinajstić information content (AvgIpc) is 3.24. The lowest BCUT2D eigenvalue weighted by Crippen LogP contribution is -2.37. The van der Waals surface area contributed by atoms with E-state index in [9.17, 15) is 18.6 Å². The van der Waals surface area contributed by atoms with Crippen LogP contribution in [0.25, 0.3) is 11.2 Å². The van der Waals surface area contributed by atoms with Gasteiger partial charge >= 0.3 is 0 Å². The van der Waals surface area contributed by atoms with Gasteiger partial charge in [0, 0.05) is 0 Å². The molecule has 0 radical (unpaired) electrons. The minimum atomic E-state index is -4.22. The summed E-state index contributed by atoms with van der Waals surface area (Å²) in [5.74, 6) is 0.135. The first-order valence-electron chi connectivity index (χ1n) is 8.69. The van der Waals surface area contributed by atoms with E-state index in [0.717, 1.165) is 5.56 Å². The number of nitrogen functional groups attached to an aromatic ring is 1. The molecule has 0 unspecified atom stereocenters. The summed E-state index contributed by atoms with van der Waals surface area (Å²) in [4.78, 5) is 12.0. The highest BCUT2D eigenvalue weighted by Crippen LogP contribution is 2.35. The lowest BCUT2D eigenvalue weighted by molar-refractivity contribution is -0.0483. The van der Waals surface area contributed by atoms with Gasteiger partial charge < -0.3 is 20.7 Å². The normalized spacial score (nSPS) is 24.9. The highest BCUT2D eigenvalue weighted by molar-refractivity contribution is 7.86. The highest BCUT2D eigenvalue weighted by atomic mass is 32.2. The van der Waals surface area contributed by atoms with Crippen LogP contribution in [0.5, 0.6) is 0 Å². The number of anilines is 1. The van der Waals surface area contributed by atoms with Crippen LogP contribution in [0.1, 0.15) is 11.8 Å². The van der Waals surface area contributed by atoms with Crippen molar-refractivity contribution in [3.8, 4) is 0 Å². The zero-order valence-electron chi connectivity index (χ0n) is 15.3. The number of hydrogen-bond donors (Lipinski definition) is 3. The molecule has 4 atom stereocenters. The third-order valence-electron chi connectivity index (χ3n) is 4.70. The number of hydrogen-bond acceptors (Lipinski definition) is 10. The molecule has 154 valence electrons. The van der Waals surface area contributed by atoms with Crippen LogP contribution in [0.2, 0.25) is 0 Å². The third kappa shape index (κ3) is 3.45. The van der Waals surface area contributed by atoms with Gasteiger partial charge in [-0.05, 0) is 19.1 Å². The van der Waals surface area contributed by atoms with Crippen LogP contribution in [-0.2, 0) is 19.0 Å². The van der Waals surface area contributed by atoms with Gasteiger partial charge in [0.05, 0.1) is 17.8 Å². The van der Waals surface area contributed by atoms with Gasteiger partial charge in [0.15, 0.2) is 23.8 Å². The summed E-state index contributed by atoms with van der Waals surface area (Å²) in [7, 11) is -4.22. The first-order valence-corrected chi connectivity index (χ1v) is 10.1. The summed E-state index contributed by atoms with van der Waals surface area (Å²) in [6.45, 7) is 1.29. The van der Waals surface area contributed by atoms with Crippen LogP contribution in [-0.4, -0.2) is 63.1 Å². The summed E-state index contributed by atoms with van der Waals surface area (Å²) in [5, 5.41) is 20.0. The van der Waals surface area contributed by atoms with E-state index in [2.05, 4.69) is 15.0 Å². The molecule has 1 fully saturated rings. The molecule has 0 aliphatic carbocycles. The summed E-state index contributed by atoms with van der Waals surface area (Å²) >= 11 is 0. The lowest BCUT2D eigenvalue weighted by Gasteiger charge is -2.21. The van der Waals surface area contributed by atoms with E-state index >= 15 is 0 Å². The predicted molar refractivity (Wildman–Crippen MR) is 100.0 cm³/mol. The molecule has 3 aromatic rings. The Morgan fingerprint density at radius 3 is 2.66 bits per heavy atom. The molecule has 0 bridgehead atoms. The number of aromatic nitrogens is 4. The maximum atomic E-state index is 12.8. The van der Waals surface area contributed by atoms with E-state index in [1.807, 2.05) is 6.92 Å². The predicted octanol–water partition coefficient (Wildman–Crippen LogP) is -0.258. The van der Waals surface area contributed by atoms with Gasteiger partial charge in [0.1, 0.15) is 24.1 Å². The molecule has 4 rings (SSSR count). The van der Waals surface area contributed by atoms with Crippen molar-refractivity contribution in [3.63, 3.8) is 0 Å². The van der Waals surface area contributed by atoms with Crippen molar-refractivity contribution in [3.05, 3.63) is 42.5 Å². The zero-order chi connectivity index (χ0) is 20.8. The second-order valence-corrected chi connectivity index (χ2v) is 8.22. The number of rotatable bonds is 5. The largest absolute Gasteiger partial charge is 0.394 e. The number of imidazole rings is 1. The molecule has 0 spiro atoms. The van der Waals surface area contributed by atoms with Gasteiger partial charge in [-0.3, -0.25) is 8.75 Å². The molecular formula is C17H19N5O6S. The Kier molecular flexibility index (Phi) is 4.96. The molecule has 1 aliphatic heterocycles. The van der Waals surface area contributed by atoms with Gasteiger partial charge in [0.2, 0.25) is 0 Å². The SMILES string of the molecule is Cc1ccc(S(=O)(=O)O[C@H]2[C@@H](O)[C@@H](CO)O[C@H]2n2cnc3c(N)ncnc32)cc1. The van der Waals surface area contributed by atoms with Crippen LogP contribution >= 0.6 is 0 Å². The van der Waals surface area contributed by atoms with Crippen molar-refractivity contribution < 1.29 is 27.6 Å². The molecule has 1 aromatic carbocycles. The topological polar surface area (TPSA) is 163 Å². The van der Waals surface area contributed by atoms with Crippen LogP contribution in [0, 0.1) is 6.92 Å². The molecule has 2 aromatic heterocycles. The van der Waals surface area contributed by atoms with E-state index < -0.39 is 41.3 Å². The fraction of sp³-hybridized carbons (Fsp3) is 0.353. The maximum absolute atomic E-state index is 12.8. The van der Waals surface area contributed by atoms with Crippen LogP contribution in [0.3, 0.4) is 0 Å². The highest BCUT2D eigenvalue weighted by Gasteiger charge is 2.48. The van der Waals surface area contributed by atoms with Crippen molar-refractivity contribution in [2.45, 2.75) is 36.4 Å². The Morgan fingerprint density at radius 2 is 1.97 bits per heavy atom. The lowest BCUT2D eigenvalue weighted by atomic mass is 10.1. The van der Waals surface area contributed by atoms with Crippen LogP contribution < -0.4 is 5.73 Å². The molecule has 4 N–H and O–H groups in total. The molecule has 0 amide bonds. The van der Waals surface area contributed by atoms with Crippen molar-refractivity contribution >= 4 is 27.1 Å². The maximum Gasteiger partial charge on any atom is 0.297 e. The number of nitrogens with zero attached hydrogens (tertiary/aromatic N) is 4. The van der Waals surface area contributed by atoms with Gasteiger partial charge in [-0.25, -0.2) is 15.0 Å². The second-order valence-electron chi connectivity index (χ2n) is 6.65. The number of ether oxygens (including phenoxy) is 1. The smallest absolute Gasteiger partial charge is 0.297 e. The summed E-state index contributed by atoms with van der Waals surface area (Å²) in [5.41, 5.74) is 7.24. The summed E-state index contributed by atoms with van der Waals surface area (Å²) < 4.78 is 37.9. The standard InChI is InChI=1S/C17H19N5O6S/c1-9-2-4-10(5-3-9)29(25,26)28-14-13(24)11(6-23)27-17(14)22-8-21-12-15(18)19-7-20-16(12)22/h2-5,7-8,11,13-14,17,23-24H,6H2,1H3,(H2,18,19,20)/t11-,13+,14+,17-/m1/s1. The zero-order valence-corrected chi connectivity index (χ0v) is 16.1. The second kappa shape index (κ2) is 7.31. The van der Waals surface area contributed by atoms with Crippen molar-refractivity contribution in [2.75, 3.05) is 12.3 Å². The first kappa shape index (κ1) is 19.7. The number of benzene rings is 1. The Balaban J connectivity index is 1.72. The minimum Gasteiger partial charge on any atom is -0.394 e. The van der Waals surface area contributed by atoms with Crippen molar-refractivity contribution in [1.82, 2.24) is 19.5 Å². The molecule has 11 nitrogen and oxygen atoms in total. The van der Waals surface area contributed by atoms with Gasteiger partial charge in [0.25, 0.3) is 10.1 Å². The average molecular weight is 421 g/mol. The van der Waals surface area contributed by atoms with Gasteiger partial charge in [-0.15, -0.1) is 0 Å². The van der Waals surface area contributed by atoms with Gasteiger partial charge in [-0.2, -0.15) is 8.42 Å². The monoisotopic (exact) mass is 421 g/mol. The molecule has 1 saturated heterocycles. The minimum absolute atomic E-state index is 0.0662. The molecule has 3 heterocycles. The molecule has 0 saturated carbocycles. The van der Waals surface area contributed by atoms with Crippen molar-refractivity contribution in [1.29, 1.82) is 0 Å². The summed E-state index contributed by atoms with van der Waals surface area (Å²) in [6.07, 6.45) is -2.39. The number of fused-ring (bicyclic) bond motifs is 1. The molecule has 12 heteroatoms. The Labute approximate surface area is 165 Å². The number of nitrogens with two attached hydrogens (primary N) is 1. The van der Waals surface area contributed by atoms with Crippen LogP contribution in [0.4, 0.5) is 5.82 Å².